The lowest BCUT2D eigenvalue weighted by Crippen LogP contribution is -2.30. The molecule has 1 aromatic carbocycles. The SMILES string of the molecule is O=C(CC1CCNCC1)Nc1ccc(F)cc1Br. The van der Waals surface area contributed by atoms with E-state index in [-0.39, 0.29) is 11.7 Å². The first-order valence-corrected chi connectivity index (χ1v) is 6.90. The summed E-state index contributed by atoms with van der Waals surface area (Å²) in [6, 6.07) is 4.25. The number of carbonyl (C=O) groups is 1. The van der Waals surface area contributed by atoms with Gasteiger partial charge in [-0.15, -0.1) is 0 Å². The summed E-state index contributed by atoms with van der Waals surface area (Å²) >= 11 is 3.24. The van der Waals surface area contributed by atoms with Crippen LogP contribution in [-0.2, 0) is 4.79 Å². The number of benzene rings is 1. The number of rotatable bonds is 3. The third-order valence-electron chi connectivity index (χ3n) is 3.14. The number of carbonyl (C=O) groups excluding carboxylic acids is 1. The molecule has 1 aliphatic heterocycles. The fourth-order valence-corrected chi connectivity index (χ4v) is 2.59. The third-order valence-corrected chi connectivity index (χ3v) is 3.79. The molecule has 1 heterocycles. The first-order valence-electron chi connectivity index (χ1n) is 6.11. The Kier molecular flexibility index (Phi) is 4.72. The van der Waals surface area contributed by atoms with Crippen molar-refractivity contribution in [3.63, 3.8) is 0 Å². The fourth-order valence-electron chi connectivity index (χ4n) is 2.14. The predicted octanol–water partition coefficient (Wildman–Crippen LogP) is 2.92. The van der Waals surface area contributed by atoms with Crippen molar-refractivity contribution >= 4 is 27.5 Å². The van der Waals surface area contributed by atoms with Gasteiger partial charge in [0, 0.05) is 10.9 Å². The smallest absolute Gasteiger partial charge is 0.224 e. The molecular formula is C13H16BrFN2O. The molecule has 0 radical (unpaired) electrons. The van der Waals surface area contributed by atoms with Gasteiger partial charge in [0.1, 0.15) is 5.82 Å². The molecule has 2 rings (SSSR count). The molecule has 18 heavy (non-hydrogen) atoms. The summed E-state index contributed by atoms with van der Waals surface area (Å²) in [5.74, 6) is 0.123. The van der Waals surface area contributed by atoms with Crippen molar-refractivity contribution in [2.24, 2.45) is 5.92 Å². The summed E-state index contributed by atoms with van der Waals surface area (Å²) < 4.78 is 13.5. The topological polar surface area (TPSA) is 41.1 Å². The Labute approximate surface area is 114 Å². The van der Waals surface area contributed by atoms with Crippen LogP contribution in [0.25, 0.3) is 0 Å². The van der Waals surface area contributed by atoms with Crippen LogP contribution in [-0.4, -0.2) is 19.0 Å². The van der Waals surface area contributed by atoms with Crippen LogP contribution < -0.4 is 10.6 Å². The highest BCUT2D eigenvalue weighted by molar-refractivity contribution is 9.10. The van der Waals surface area contributed by atoms with Crippen LogP contribution in [0.5, 0.6) is 0 Å². The van der Waals surface area contributed by atoms with Crippen molar-refractivity contribution in [2.75, 3.05) is 18.4 Å². The first-order chi connectivity index (χ1) is 8.65. The lowest BCUT2D eigenvalue weighted by atomic mass is 9.94. The molecule has 1 amide bonds. The zero-order valence-corrected chi connectivity index (χ0v) is 11.6. The van der Waals surface area contributed by atoms with Crippen LogP contribution >= 0.6 is 15.9 Å². The molecule has 1 fully saturated rings. The van der Waals surface area contributed by atoms with Gasteiger partial charge in [0.15, 0.2) is 0 Å². The molecule has 0 atom stereocenters. The summed E-state index contributed by atoms with van der Waals surface area (Å²) in [5.41, 5.74) is 0.621. The van der Waals surface area contributed by atoms with E-state index in [0.29, 0.717) is 22.5 Å². The molecule has 3 nitrogen and oxygen atoms in total. The quantitative estimate of drug-likeness (QED) is 0.900. The molecule has 0 bridgehead atoms. The van der Waals surface area contributed by atoms with E-state index in [1.165, 1.54) is 12.1 Å². The summed E-state index contributed by atoms with van der Waals surface area (Å²) in [6.45, 7) is 1.97. The van der Waals surface area contributed by atoms with Crippen LogP contribution in [0.3, 0.4) is 0 Å². The Morgan fingerprint density at radius 2 is 2.17 bits per heavy atom. The molecule has 2 N–H and O–H groups in total. The van der Waals surface area contributed by atoms with Crippen molar-refractivity contribution in [2.45, 2.75) is 19.3 Å². The van der Waals surface area contributed by atoms with Gasteiger partial charge in [0.2, 0.25) is 5.91 Å². The average Bonchev–Trinajstić information content (AvgIpc) is 2.34. The number of nitrogens with one attached hydrogen (secondary N) is 2. The van der Waals surface area contributed by atoms with E-state index in [9.17, 15) is 9.18 Å². The average molecular weight is 315 g/mol. The number of anilines is 1. The number of amides is 1. The van der Waals surface area contributed by atoms with Gasteiger partial charge >= 0.3 is 0 Å². The van der Waals surface area contributed by atoms with Gasteiger partial charge in [0.05, 0.1) is 5.69 Å². The van der Waals surface area contributed by atoms with E-state index in [1.807, 2.05) is 0 Å². The van der Waals surface area contributed by atoms with E-state index in [4.69, 9.17) is 0 Å². The maximum absolute atomic E-state index is 12.9. The molecule has 0 saturated carbocycles. The molecule has 1 aliphatic rings. The van der Waals surface area contributed by atoms with Crippen molar-refractivity contribution in [3.8, 4) is 0 Å². The normalized spacial score (nSPS) is 16.6. The standard InChI is InChI=1S/C13H16BrFN2O/c14-11-8-10(15)1-2-12(11)17-13(18)7-9-3-5-16-6-4-9/h1-2,8-9,16H,3-7H2,(H,17,18). The second kappa shape index (κ2) is 6.29. The molecule has 0 unspecified atom stereocenters. The Morgan fingerprint density at radius 3 is 2.83 bits per heavy atom. The highest BCUT2D eigenvalue weighted by Gasteiger charge is 2.17. The highest BCUT2D eigenvalue weighted by atomic mass is 79.9. The van der Waals surface area contributed by atoms with Crippen molar-refractivity contribution in [3.05, 3.63) is 28.5 Å². The van der Waals surface area contributed by atoms with E-state index in [1.54, 1.807) is 6.07 Å². The summed E-state index contributed by atoms with van der Waals surface area (Å²) in [5, 5.41) is 6.08. The van der Waals surface area contributed by atoms with Gasteiger partial charge in [-0.1, -0.05) is 0 Å². The Balaban J connectivity index is 1.90. The number of halogens is 2. The van der Waals surface area contributed by atoms with Gasteiger partial charge in [-0.25, -0.2) is 4.39 Å². The fraction of sp³-hybridized carbons (Fsp3) is 0.462. The van der Waals surface area contributed by atoms with Gasteiger partial charge in [-0.05, 0) is 66.0 Å². The first kappa shape index (κ1) is 13.5. The van der Waals surface area contributed by atoms with Crippen LogP contribution in [0.15, 0.2) is 22.7 Å². The minimum atomic E-state index is -0.321. The lowest BCUT2D eigenvalue weighted by Gasteiger charge is -2.22. The third kappa shape index (κ3) is 3.78. The monoisotopic (exact) mass is 314 g/mol. The number of piperidine rings is 1. The second-order valence-electron chi connectivity index (χ2n) is 4.57. The minimum absolute atomic E-state index is 0.00536. The Morgan fingerprint density at radius 1 is 1.44 bits per heavy atom. The molecule has 1 saturated heterocycles. The highest BCUT2D eigenvalue weighted by Crippen LogP contribution is 2.24. The molecular weight excluding hydrogens is 299 g/mol. The van der Waals surface area contributed by atoms with Gasteiger partial charge < -0.3 is 10.6 Å². The number of hydrogen-bond acceptors (Lipinski definition) is 2. The van der Waals surface area contributed by atoms with Crippen molar-refractivity contribution in [1.82, 2.24) is 5.32 Å². The predicted molar refractivity (Wildman–Crippen MR) is 72.9 cm³/mol. The zero-order chi connectivity index (χ0) is 13.0. The number of hydrogen-bond donors (Lipinski definition) is 2. The molecule has 1 aromatic rings. The molecule has 0 aromatic heterocycles. The van der Waals surface area contributed by atoms with E-state index < -0.39 is 0 Å². The minimum Gasteiger partial charge on any atom is -0.325 e. The Bertz CT molecular complexity index is 433. The molecule has 0 spiro atoms. The van der Waals surface area contributed by atoms with Gasteiger partial charge in [-0.2, -0.15) is 0 Å². The van der Waals surface area contributed by atoms with Crippen LogP contribution in [0.1, 0.15) is 19.3 Å². The van der Waals surface area contributed by atoms with E-state index in [2.05, 4.69) is 26.6 Å². The van der Waals surface area contributed by atoms with Crippen molar-refractivity contribution < 1.29 is 9.18 Å². The largest absolute Gasteiger partial charge is 0.325 e. The van der Waals surface area contributed by atoms with Gasteiger partial charge in [-0.3, -0.25) is 4.79 Å². The van der Waals surface area contributed by atoms with Crippen molar-refractivity contribution in [1.29, 1.82) is 0 Å². The summed E-state index contributed by atoms with van der Waals surface area (Å²) in [6.07, 6.45) is 2.61. The molecule has 5 heteroatoms. The maximum Gasteiger partial charge on any atom is 0.224 e. The van der Waals surface area contributed by atoms with E-state index >= 15 is 0 Å². The second-order valence-corrected chi connectivity index (χ2v) is 5.42. The van der Waals surface area contributed by atoms with Gasteiger partial charge in [0.25, 0.3) is 0 Å². The van der Waals surface area contributed by atoms with Crippen LogP contribution in [0.4, 0.5) is 10.1 Å². The molecule has 98 valence electrons. The maximum atomic E-state index is 12.9. The van der Waals surface area contributed by atoms with Crippen LogP contribution in [0, 0.1) is 11.7 Å². The van der Waals surface area contributed by atoms with E-state index in [0.717, 1.165) is 25.9 Å². The Hall–Kier alpha value is -0.940. The summed E-state index contributed by atoms with van der Waals surface area (Å²) in [4.78, 5) is 11.9. The van der Waals surface area contributed by atoms with Crippen LogP contribution in [0.2, 0.25) is 0 Å². The summed E-state index contributed by atoms with van der Waals surface area (Å²) in [7, 11) is 0. The zero-order valence-electron chi connectivity index (χ0n) is 10.0. The molecule has 0 aliphatic carbocycles. The lowest BCUT2D eigenvalue weighted by molar-refractivity contribution is -0.117.